The average Bonchev–Trinajstić information content (AvgIpc) is 2.29. The van der Waals surface area contributed by atoms with Crippen LogP contribution in [-0.2, 0) is 11.0 Å². The zero-order valence-electron chi connectivity index (χ0n) is 10.1. The first-order valence-electron chi connectivity index (χ1n) is 5.28. The van der Waals surface area contributed by atoms with Crippen molar-refractivity contribution < 1.29 is 27.9 Å². The summed E-state index contributed by atoms with van der Waals surface area (Å²) in [5.74, 6) is -1.27. The van der Waals surface area contributed by atoms with Crippen LogP contribution in [0, 0.1) is 0 Å². The maximum atomic E-state index is 12.6. The molecule has 0 aliphatic carbocycles. The number of carboxylic acid groups (broad SMARTS) is 1. The van der Waals surface area contributed by atoms with E-state index in [0.717, 1.165) is 6.07 Å². The number of rotatable bonds is 3. The number of hydrogen-bond acceptors (Lipinski definition) is 2. The second kappa shape index (κ2) is 6.00. The summed E-state index contributed by atoms with van der Waals surface area (Å²) in [5.41, 5.74) is -1.25. The van der Waals surface area contributed by atoms with Gasteiger partial charge in [0, 0.05) is 5.69 Å². The molecule has 0 radical (unpaired) electrons. The molecule has 0 aliphatic rings. The van der Waals surface area contributed by atoms with E-state index in [0.29, 0.717) is 6.07 Å². The largest absolute Gasteiger partial charge is 0.480 e. The van der Waals surface area contributed by atoms with Gasteiger partial charge >= 0.3 is 18.2 Å². The summed E-state index contributed by atoms with van der Waals surface area (Å²) >= 11 is 5.42. The van der Waals surface area contributed by atoms with Gasteiger partial charge < -0.3 is 15.7 Å². The van der Waals surface area contributed by atoms with Crippen molar-refractivity contribution in [3.8, 4) is 0 Å². The molecule has 0 saturated carbocycles. The van der Waals surface area contributed by atoms with Gasteiger partial charge in [0.05, 0.1) is 10.6 Å². The molecule has 0 aliphatic heterocycles. The lowest BCUT2D eigenvalue weighted by molar-refractivity contribution is -0.139. The monoisotopic (exact) mass is 310 g/mol. The number of amides is 2. The number of alkyl halides is 3. The minimum Gasteiger partial charge on any atom is -0.480 e. The predicted molar refractivity (Wildman–Crippen MR) is 65.7 cm³/mol. The molecule has 1 atom stereocenters. The number of aliphatic carboxylic acids is 1. The Morgan fingerprint density at radius 1 is 1.35 bits per heavy atom. The van der Waals surface area contributed by atoms with Crippen LogP contribution in [0.25, 0.3) is 0 Å². The molecule has 0 spiro atoms. The van der Waals surface area contributed by atoms with Crippen molar-refractivity contribution in [2.45, 2.75) is 19.1 Å². The smallest absolute Gasteiger partial charge is 0.417 e. The summed E-state index contributed by atoms with van der Waals surface area (Å²) in [6.07, 6.45) is -4.65. The number of anilines is 1. The van der Waals surface area contributed by atoms with E-state index in [2.05, 4.69) is 5.32 Å². The van der Waals surface area contributed by atoms with Gasteiger partial charge in [0.15, 0.2) is 0 Å². The number of carbonyl (C=O) groups is 2. The third-order valence-electron chi connectivity index (χ3n) is 2.25. The highest BCUT2D eigenvalue weighted by atomic mass is 35.5. The van der Waals surface area contributed by atoms with Crippen LogP contribution in [0.4, 0.5) is 23.7 Å². The van der Waals surface area contributed by atoms with E-state index in [1.165, 1.54) is 13.0 Å². The summed E-state index contributed by atoms with van der Waals surface area (Å²) in [6.45, 7) is 1.21. The number of carbonyl (C=O) groups excluding carboxylic acids is 1. The molecule has 0 heterocycles. The lowest BCUT2D eigenvalue weighted by Gasteiger charge is -2.13. The van der Waals surface area contributed by atoms with Gasteiger partial charge in [0.2, 0.25) is 0 Å². The molecule has 1 aromatic carbocycles. The Balaban J connectivity index is 2.84. The maximum Gasteiger partial charge on any atom is 0.417 e. The molecule has 110 valence electrons. The fraction of sp³-hybridized carbons (Fsp3) is 0.273. The van der Waals surface area contributed by atoms with E-state index in [1.807, 2.05) is 5.32 Å². The third-order valence-corrected chi connectivity index (χ3v) is 2.58. The standard InChI is InChI=1S/C11H10ClF3N2O3/c1-5(9(18)19)16-10(20)17-6-2-3-8(12)7(4-6)11(13,14)15/h2-5H,1H3,(H,18,19)(H2,16,17,20)/t5-/m1/s1. The van der Waals surface area contributed by atoms with Crippen LogP contribution < -0.4 is 10.6 Å². The van der Waals surface area contributed by atoms with Crippen LogP contribution in [0.2, 0.25) is 5.02 Å². The van der Waals surface area contributed by atoms with E-state index >= 15 is 0 Å². The Labute approximate surface area is 116 Å². The van der Waals surface area contributed by atoms with Crippen LogP contribution in [0.5, 0.6) is 0 Å². The molecule has 0 fully saturated rings. The van der Waals surface area contributed by atoms with Crippen molar-refractivity contribution in [2.24, 2.45) is 0 Å². The van der Waals surface area contributed by atoms with Crippen molar-refractivity contribution >= 4 is 29.3 Å². The first-order chi connectivity index (χ1) is 9.11. The highest BCUT2D eigenvalue weighted by molar-refractivity contribution is 6.31. The van der Waals surface area contributed by atoms with Crippen molar-refractivity contribution in [3.63, 3.8) is 0 Å². The minimum atomic E-state index is -4.65. The summed E-state index contributed by atoms with van der Waals surface area (Å²) in [4.78, 5) is 21.9. The first kappa shape index (κ1) is 16.1. The zero-order valence-corrected chi connectivity index (χ0v) is 10.8. The summed E-state index contributed by atoms with van der Waals surface area (Å²) in [5, 5.41) is 12.2. The van der Waals surface area contributed by atoms with Crippen LogP contribution in [0.1, 0.15) is 12.5 Å². The molecule has 9 heteroatoms. The highest BCUT2D eigenvalue weighted by Gasteiger charge is 2.33. The van der Waals surface area contributed by atoms with Crippen molar-refractivity contribution in [2.75, 3.05) is 5.32 Å². The van der Waals surface area contributed by atoms with Gasteiger partial charge in [-0.15, -0.1) is 0 Å². The average molecular weight is 311 g/mol. The van der Waals surface area contributed by atoms with Crippen molar-refractivity contribution in [1.82, 2.24) is 5.32 Å². The highest BCUT2D eigenvalue weighted by Crippen LogP contribution is 2.36. The molecular weight excluding hydrogens is 301 g/mol. The molecule has 0 unspecified atom stereocenters. The third kappa shape index (κ3) is 4.30. The number of urea groups is 1. The molecule has 0 bridgehead atoms. The van der Waals surface area contributed by atoms with Crippen LogP contribution >= 0.6 is 11.6 Å². The molecule has 1 rings (SSSR count). The van der Waals surface area contributed by atoms with E-state index in [-0.39, 0.29) is 5.69 Å². The molecule has 20 heavy (non-hydrogen) atoms. The fourth-order valence-corrected chi connectivity index (χ4v) is 1.47. The summed E-state index contributed by atoms with van der Waals surface area (Å²) in [6, 6.07) is 0.705. The second-order valence-electron chi connectivity index (χ2n) is 3.85. The predicted octanol–water partition coefficient (Wildman–Crippen LogP) is 2.95. The molecule has 0 saturated heterocycles. The zero-order chi connectivity index (χ0) is 15.5. The van der Waals surface area contributed by atoms with E-state index < -0.39 is 34.8 Å². The molecule has 2 amide bonds. The van der Waals surface area contributed by atoms with E-state index in [4.69, 9.17) is 16.7 Å². The number of hydrogen-bond donors (Lipinski definition) is 3. The SMILES string of the molecule is C[C@@H](NC(=O)Nc1ccc(Cl)c(C(F)(F)F)c1)C(=O)O. The van der Waals surface area contributed by atoms with Gasteiger partial charge in [-0.1, -0.05) is 11.6 Å². The topological polar surface area (TPSA) is 78.4 Å². The second-order valence-corrected chi connectivity index (χ2v) is 4.26. The summed E-state index contributed by atoms with van der Waals surface area (Å²) in [7, 11) is 0. The van der Waals surface area contributed by atoms with Gasteiger partial charge in [-0.05, 0) is 25.1 Å². The number of benzene rings is 1. The normalized spacial score (nSPS) is 12.7. The number of halogens is 4. The molecule has 3 N–H and O–H groups in total. The van der Waals surface area contributed by atoms with Gasteiger partial charge in [0.25, 0.3) is 0 Å². The Morgan fingerprint density at radius 2 is 1.95 bits per heavy atom. The van der Waals surface area contributed by atoms with Crippen LogP contribution in [0.15, 0.2) is 18.2 Å². The van der Waals surface area contributed by atoms with E-state index in [9.17, 15) is 22.8 Å². The Morgan fingerprint density at radius 3 is 2.45 bits per heavy atom. The Hall–Kier alpha value is -1.96. The van der Waals surface area contributed by atoms with E-state index in [1.54, 1.807) is 0 Å². The van der Waals surface area contributed by atoms with Gasteiger partial charge in [-0.2, -0.15) is 13.2 Å². The first-order valence-corrected chi connectivity index (χ1v) is 5.66. The Bertz CT molecular complexity index is 534. The van der Waals surface area contributed by atoms with Crippen LogP contribution in [-0.4, -0.2) is 23.1 Å². The van der Waals surface area contributed by atoms with Gasteiger partial charge in [-0.3, -0.25) is 4.79 Å². The van der Waals surface area contributed by atoms with Gasteiger partial charge in [-0.25, -0.2) is 4.79 Å². The van der Waals surface area contributed by atoms with Gasteiger partial charge in [0.1, 0.15) is 6.04 Å². The molecule has 5 nitrogen and oxygen atoms in total. The maximum absolute atomic E-state index is 12.6. The number of carboxylic acids is 1. The van der Waals surface area contributed by atoms with Crippen molar-refractivity contribution in [1.29, 1.82) is 0 Å². The molecule has 0 aromatic heterocycles. The fourth-order valence-electron chi connectivity index (χ4n) is 1.25. The minimum absolute atomic E-state index is 0.156. The molecular formula is C11H10ClF3N2O3. The molecule has 1 aromatic rings. The lowest BCUT2D eigenvalue weighted by atomic mass is 10.2. The summed E-state index contributed by atoms with van der Waals surface area (Å²) < 4.78 is 37.8. The quantitative estimate of drug-likeness (QED) is 0.803. The lowest BCUT2D eigenvalue weighted by Crippen LogP contribution is -2.40. The van der Waals surface area contributed by atoms with Crippen LogP contribution in [0.3, 0.4) is 0 Å². The van der Waals surface area contributed by atoms with Crippen molar-refractivity contribution in [3.05, 3.63) is 28.8 Å². The Kier molecular flexibility index (Phi) is 4.83. The number of nitrogens with one attached hydrogen (secondary N) is 2.